The fourth-order valence-electron chi connectivity index (χ4n) is 1.01. The number of isocyanates is 1. The summed E-state index contributed by atoms with van der Waals surface area (Å²) in [5.41, 5.74) is -1.36. The third kappa shape index (κ3) is 0.948. The van der Waals surface area contributed by atoms with Gasteiger partial charge in [-0.2, -0.15) is 4.99 Å². The highest BCUT2D eigenvalue weighted by Gasteiger charge is 2.45. The Morgan fingerprint density at radius 3 is 2.20 bits per heavy atom. The number of alkyl halides is 2. The van der Waals surface area contributed by atoms with Gasteiger partial charge < -0.3 is 0 Å². The van der Waals surface area contributed by atoms with Crippen molar-refractivity contribution in [2.24, 2.45) is 4.99 Å². The maximum Gasteiger partial charge on any atom is 0.264 e. The van der Waals surface area contributed by atoms with Gasteiger partial charge in [0.05, 0.1) is 0 Å². The van der Waals surface area contributed by atoms with E-state index in [-0.39, 0.29) is 0 Å². The molecule has 0 amide bonds. The van der Waals surface area contributed by atoms with Crippen molar-refractivity contribution in [2.45, 2.75) is 31.2 Å². The first-order valence-electron chi connectivity index (χ1n) is 3.08. The van der Waals surface area contributed by atoms with E-state index in [9.17, 15) is 13.6 Å². The fourth-order valence-corrected chi connectivity index (χ4v) is 1.01. The zero-order chi connectivity index (χ0) is 7.61. The van der Waals surface area contributed by atoms with Crippen molar-refractivity contribution in [3.63, 3.8) is 0 Å². The molecule has 0 bridgehead atoms. The van der Waals surface area contributed by atoms with Crippen molar-refractivity contribution < 1.29 is 13.6 Å². The highest BCUT2D eigenvalue weighted by atomic mass is 19.3. The molecule has 0 aromatic carbocycles. The first-order valence-corrected chi connectivity index (χ1v) is 3.08. The molecule has 4 heteroatoms. The summed E-state index contributed by atoms with van der Waals surface area (Å²) in [6.45, 7) is 0. The van der Waals surface area contributed by atoms with Crippen molar-refractivity contribution in [3.8, 4) is 0 Å². The molecule has 0 aromatic rings. The van der Waals surface area contributed by atoms with Gasteiger partial charge in [0.1, 0.15) is 5.54 Å². The number of hydrogen-bond acceptors (Lipinski definition) is 2. The van der Waals surface area contributed by atoms with Crippen molar-refractivity contribution in [3.05, 3.63) is 0 Å². The zero-order valence-electron chi connectivity index (χ0n) is 5.31. The number of aliphatic imine (C=N–C) groups is 1. The molecule has 56 valence electrons. The Morgan fingerprint density at radius 1 is 1.50 bits per heavy atom. The summed E-state index contributed by atoms with van der Waals surface area (Å²) in [4.78, 5) is 12.8. The summed E-state index contributed by atoms with van der Waals surface area (Å²) in [5.74, 6) is 0. The molecule has 1 fully saturated rings. The van der Waals surface area contributed by atoms with E-state index < -0.39 is 12.0 Å². The predicted octanol–water partition coefficient (Wildman–Crippen LogP) is 1.51. The van der Waals surface area contributed by atoms with Gasteiger partial charge in [0, 0.05) is 0 Å². The number of carbonyl (C=O) groups excluding carboxylic acids is 1. The molecule has 1 rings (SSSR count). The topological polar surface area (TPSA) is 29.4 Å². The lowest BCUT2D eigenvalue weighted by Crippen LogP contribution is -2.42. The van der Waals surface area contributed by atoms with Gasteiger partial charge in [-0.05, 0) is 19.3 Å². The first kappa shape index (κ1) is 7.35. The van der Waals surface area contributed by atoms with Gasteiger partial charge in [-0.1, -0.05) is 0 Å². The Kier molecular flexibility index (Phi) is 1.81. The van der Waals surface area contributed by atoms with Crippen LogP contribution in [0.4, 0.5) is 8.78 Å². The Balaban J connectivity index is 2.68. The minimum Gasteiger partial charge on any atom is -0.211 e. The Labute approximate surface area is 56.9 Å². The van der Waals surface area contributed by atoms with Crippen LogP contribution in [0.2, 0.25) is 0 Å². The molecule has 0 atom stereocenters. The molecule has 0 N–H and O–H groups in total. The van der Waals surface area contributed by atoms with Crippen LogP contribution < -0.4 is 0 Å². The van der Waals surface area contributed by atoms with Gasteiger partial charge >= 0.3 is 0 Å². The van der Waals surface area contributed by atoms with Gasteiger partial charge in [-0.25, -0.2) is 13.6 Å². The SMILES string of the molecule is O=C=NC1(C(F)F)CCC1. The molecular formula is C6H7F2NO. The third-order valence-electron chi connectivity index (χ3n) is 1.89. The Bertz CT molecular complexity index is 171. The molecule has 1 aliphatic carbocycles. The van der Waals surface area contributed by atoms with E-state index in [1.807, 2.05) is 0 Å². The van der Waals surface area contributed by atoms with E-state index in [1.54, 1.807) is 0 Å². The largest absolute Gasteiger partial charge is 0.264 e. The van der Waals surface area contributed by atoms with Gasteiger partial charge in [-0.15, -0.1) is 0 Å². The van der Waals surface area contributed by atoms with E-state index in [2.05, 4.69) is 4.99 Å². The van der Waals surface area contributed by atoms with Crippen molar-refractivity contribution in [1.29, 1.82) is 0 Å². The van der Waals surface area contributed by atoms with E-state index in [1.165, 1.54) is 6.08 Å². The molecule has 0 radical (unpaired) electrons. The average molecular weight is 147 g/mol. The van der Waals surface area contributed by atoms with Gasteiger partial charge in [-0.3, -0.25) is 0 Å². The summed E-state index contributed by atoms with van der Waals surface area (Å²) in [7, 11) is 0. The van der Waals surface area contributed by atoms with Crippen LogP contribution in [-0.4, -0.2) is 18.0 Å². The number of rotatable bonds is 2. The molecule has 1 saturated carbocycles. The van der Waals surface area contributed by atoms with Crippen LogP contribution in [0.3, 0.4) is 0 Å². The lowest BCUT2D eigenvalue weighted by molar-refractivity contribution is 0.00963. The van der Waals surface area contributed by atoms with Crippen LogP contribution in [0.5, 0.6) is 0 Å². The van der Waals surface area contributed by atoms with E-state index in [4.69, 9.17) is 0 Å². The van der Waals surface area contributed by atoms with Crippen LogP contribution in [-0.2, 0) is 4.79 Å². The monoisotopic (exact) mass is 147 g/mol. The second kappa shape index (κ2) is 2.46. The molecule has 0 aromatic heterocycles. The normalized spacial score (nSPS) is 21.5. The summed E-state index contributed by atoms with van der Waals surface area (Å²) < 4.78 is 24.1. The molecule has 0 heterocycles. The van der Waals surface area contributed by atoms with Crippen molar-refractivity contribution in [1.82, 2.24) is 0 Å². The average Bonchev–Trinajstić information content (AvgIpc) is 1.77. The van der Waals surface area contributed by atoms with Gasteiger partial charge in [0.2, 0.25) is 6.08 Å². The Hall–Kier alpha value is -0.760. The minimum absolute atomic E-state index is 0.319. The summed E-state index contributed by atoms with van der Waals surface area (Å²) >= 11 is 0. The van der Waals surface area contributed by atoms with Crippen LogP contribution in [0.15, 0.2) is 4.99 Å². The van der Waals surface area contributed by atoms with Gasteiger partial charge in [0.25, 0.3) is 6.43 Å². The third-order valence-corrected chi connectivity index (χ3v) is 1.89. The van der Waals surface area contributed by atoms with Crippen LogP contribution in [0.1, 0.15) is 19.3 Å². The highest BCUT2D eigenvalue weighted by molar-refractivity contribution is 5.35. The highest BCUT2D eigenvalue weighted by Crippen LogP contribution is 2.40. The van der Waals surface area contributed by atoms with E-state index >= 15 is 0 Å². The van der Waals surface area contributed by atoms with E-state index in [0.717, 1.165) is 6.42 Å². The van der Waals surface area contributed by atoms with Crippen molar-refractivity contribution >= 4 is 6.08 Å². The molecule has 0 unspecified atom stereocenters. The predicted molar refractivity (Wildman–Crippen MR) is 30.7 cm³/mol. The number of nitrogens with zero attached hydrogens (tertiary/aromatic N) is 1. The maximum atomic E-state index is 12.0. The molecule has 0 aliphatic heterocycles. The quantitative estimate of drug-likeness (QED) is 0.430. The number of halogens is 2. The standard InChI is InChI=1S/C6H7F2NO/c7-5(8)6(9-4-10)2-1-3-6/h5H,1-3H2. The summed E-state index contributed by atoms with van der Waals surface area (Å²) in [6.07, 6.45) is 0.0458. The lowest BCUT2D eigenvalue weighted by atomic mass is 9.78. The summed E-state index contributed by atoms with van der Waals surface area (Å²) in [5, 5.41) is 0. The first-order chi connectivity index (χ1) is 4.71. The summed E-state index contributed by atoms with van der Waals surface area (Å²) in [6, 6.07) is 0. The molecule has 2 nitrogen and oxygen atoms in total. The van der Waals surface area contributed by atoms with Crippen LogP contribution in [0.25, 0.3) is 0 Å². The van der Waals surface area contributed by atoms with Crippen LogP contribution >= 0.6 is 0 Å². The van der Waals surface area contributed by atoms with Crippen LogP contribution in [0, 0.1) is 0 Å². The molecule has 0 saturated heterocycles. The van der Waals surface area contributed by atoms with Crippen molar-refractivity contribution in [2.75, 3.05) is 0 Å². The molecule has 10 heavy (non-hydrogen) atoms. The smallest absolute Gasteiger partial charge is 0.211 e. The lowest BCUT2D eigenvalue weighted by Gasteiger charge is -2.35. The zero-order valence-corrected chi connectivity index (χ0v) is 5.31. The Morgan fingerprint density at radius 2 is 2.10 bits per heavy atom. The number of hydrogen-bond donors (Lipinski definition) is 0. The second-order valence-electron chi connectivity index (χ2n) is 2.46. The second-order valence-corrected chi connectivity index (χ2v) is 2.46. The molecule has 1 aliphatic rings. The fraction of sp³-hybridized carbons (Fsp3) is 0.833. The van der Waals surface area contributed by atoms with Gasteiger partial charge in [0.15, 0.2) is 0 Å². The molecule has 0 spiro atoms. The minimum atomic E-state index is -2.51. The van der Waals surface area contributed by atoms with E-state index in [0.29, 0.717) is 12.8 Å². The molecular weight excluding hydrogens is 140 g/mol. The maximum absolute atomic E-state index is 12.0.